The lowest BCUT2D eigenvalue weighted by Crippen LogP contribution is -2.49. The van der Waals surface area contributed by atoms with Gasteiger partial charge in [-0.3, -0.25) is 4.79 Å². The van der Waals surface area contributed by atoms with Gasteiger partial charge < -0.3 is 19.7 Å². The molecule has 1 fully saturated rings. The largest absolute Gasteiger partial charge is 0.496 e. The minimum Gasteiger partial charge on any atom is -0.496 e. The third-order valence-corrected chi connectivity index (χ3v) is 5.57. The fourth-order valence-electron chi connectivity index (χ4n) is 4.18. The quantitative estimate of drug-likeness (QED) is 0.903. The summed E-state index contributed by atoms with van der Waals surface area (Å²) in [5, 5.41) is 3.42. The Bertz CT molecular complexity index is 808. The first kappa shape index (κ1) is 17.9. The van der Waals surface area contributed by atoms with Crippen LogP contribution in [0, 0.1) is 0 Å². The maximum atomic E-state index is 13.3. The topological polar surface area (TPSA) is 50.8 Å². The second-order valence-electron chi connectivity index (χ2n) is 7.13. The number of fused-ring (bicyclic) bond motifs is 1. The van der Waals surface area contributed by atoms with Gasteiger partial charge in [-0.1, -0.05) is 36.4 Å². The minimum absolute atomic E-state index is 0.00233. The van der Waals surface area contributed by atoms with Gasteiger partial charge in [-0.15, -0.1) is 0 Å². The molecule has 2 heterocycles. The normalized spacial score (nSPS) is 21.9. The molecule has 1 saturated heterocycles. The van der Waals surface area contributed by atoms with Crippen LogP contribution in [0.5, 0.6) is 11.5 Å². The van der Waals surface area contributed by atoms with Gasteiger partial charge in [0.2, 0.25) is 5.91 Å². The fourth-order valence-corrected chi connectivity index (χ4v) is 4.18. The molecular weight excluding hydrogens is 340 g/mol. The van der Waals surface area contributed by atoms with Crippen molar-refractivity contribution in [1.29, 1.82) is 0 Å². The van der Waals surface area contributed by atoms with Crippen molar-refractivity contribution >= 4 is 5.91 Å². The van der Waals surface area contributed by atoms with E-state index in [1.165, 1.54) is 0 Å². The molecular formula is C22H26N2O3. The van der Waals surface area contributed by atoms with Crippen molar-refractivity contribution in [3.8, 4) is 11.5 Å². The number of hydrogen-bond donors (Lipinski definition) is 1. The Morgan fingerprint density at radius 1 is 1.19 bits per heavy atom. The van der Waals surface area contributed by atoms with Crippen LogP contribution in [-0.2, 0) is 4.79 Å². The molecule has 1 amide bonds. The Labute approximate surface area is 160 Å². The van der Waals surface area contributed by atoms with Crippen LogP contribution in [0.25, 0.3) is 0 Å². The van der Waals surface area contributed by atoms with Gasteiger partial charge in [0.25, 0.3) is 0 Å². The number of benzene rings is 2. The van der Waals surface area contributed by atoms with E-state index in [0.717, 1.165) is 42.1 Å². The molecule has 0 saturated carbocycles. The molecule has 0 bridgehead atoms. The monoisotopic (exact) mass is 366 g/mol. The molecule has 4 rings (SSSR count). The number of amides is 1. The third kappa shape index (κ3) is 3.65. The minimum atomic E-state index is -0.00233. The van der Waals surface area contributed by atoms with Crippen LogP contribution < -0.4 is 14.8 Å². The van der Waals surface area contributed by atoms with Gasteiger partial charge in [-0.2, -0.15) is 0 Å². The van der Waals surface area contributed by atoms with Crippen molar-refractivity contribution in [2.24, 2.45) is 0 Å². The number of nitrogens with zero attached hydrogens (tertiary/aromatic N) is 1. The predicted molar refractivity (Wildman–Crippen MR) is 104 cm³/mol. The third-order valence-electron chi connectivity index (χ3n) is 5.57. The number of ether oxygens (including phenoxy) is 2. The molecule has 0 aliphatic carbocycles. The van der Waals surface area contributed by atoms with Gasteiger partial charge in [-0.05, 0) is 30.0 Å². The average Bonchev–Trinajstić information content (AvgIpc) is 2.74. The molecule has 2 aliphatic heterocycles. The van der Waals surface area contributed by atoms with Crippen molar-refractivity contribution < 1.29 is 14.3 Å². The standard InChI is InChI=1S/C22H26N2O3/c1-26-20-8-4-3-7-18(20)19-15-23-11-12-24(19)22(25)14-16-10-13-27-21-9-5-2-6-17(16)21/h2-9,16,19,23H,10-15H2,1H3. The number of hydrogen-bond acceptors (Lipinski definition) is 4. The number of rotatable bonds is 4. The van der Waals surface area contributed by atoms with E-state index in [1.807, 2.05) is 41.3 Å². The maximum absolute atomic E-state index is 13.3. The molecule has 142 valence electrons. The number of piperazine rings is 1. The molecule has 0 spiro atoms. The van der Waals surface area contributed by atoms with Crippen LogP contribution in [0.1, 0.15) is 35.9 Å². The highest BCUT2D eigenvalue weighted by Gasteiger charge is 2.32. The van der Waals surface area contributed by atoms with Crippen molar-refractivity contribution in [2.75, 3.05) is 33.4 Å². The van der Waals surface area contributed by atoms with Crippen LogP contribution in [0.3, 0.4) is 0 Å². The summed E-state index contributed by atoms with van der Waals surface area (Å²) < 4.78 is 11.3. The zero-order valence-electron chi connectivity index (χ0n) is 15.7. The van der Waals surface area contributed by atoms with Crippen LogP contribution in [0.4, 0.5) is 0 Å². The Kier molecular flexibility index (Phi) is 5.30. The van der Waals surface area contributed by atoms with Crippen molar-refractivity contribution in [3.63, 3.8) is 0 Å². The van der Waals surface area contributed by atoms with Gasteiger partial charge in [-0.25, -0.2) is 0 Å². The van der Waals surface area contributed by atoms with Crippen LogP contribution >= 0.6 is 0 Å². The first-order valence-electron chi connectivity index (χ1n) is 9.62. The molecule has 2 atom stereocenters. The number of nitrogens with one attached hydrogen (secondary N) is 1. The van der Waals surface area contributed by atoms with Crippen LogP contribution in [0.2, 0.25) is 0 Å². The number of para-hydroxylation sites is 2. The Morgan fingerprint density at radius 2 is 1.96 bits per heavy atom. The lowest BCUT2D eigenvalue weighted by atomic mass is 9.89. The fraction of sp³-hybridized carbons (Fsp3) is 0.409. The highest BCUT2D eigenvalue weighted by molar-refractivity contribution is 5.78. The molecule has 2 unspecified atom stereocenters. The van der Waals surface area contributed by atoms with Gasteiger partial charge in [0.1, 0.15) is 11.5 Å². The van der Waals surface area contributed by atoms with Gasteiger partial charge >= 0.3 is 0 Å². The smallest absolute Gasteiger partial charge is 0.223 e. The molecule has 5 heteroatoms. The summed E-state index contributed by atoms with van der Waals surface area (Å²) in [5.74, 6) is 2.17. The summed E-state index contributed by atoms with van der Waals surface area (Å²) in [6.45, 7) is 2.96. The van der Waals surface area contributed by atoms with Crippen LogP contribution in [0.15, 0.2) is 48.5 Å². The van der Waals surface area contributed by atoms with Gasteiger partial charge in [0.05, 0.1) is 19.8 Å². The average molecular weight is 366 g/mol. The van der Waals surface area contributed by atoms with Crippen molar-refractivity contribution in [2.45, 2.75) is 24.8 Å². The van der Waals surface area contributed by atoms with E-state index in [-0.39, 0.29) is 17.9 Å². The van der Waals surface area contributed by atoms with E-state index in [9.17, 15) is 4.79 Å². The van der Waals surface area contributed by atoms with E-state index in [0.29, 0.717) is 19.6 Å². The SMILES string of the molecule is COc1ccccc1C1CNCCN1C(=O)CC1CCOc2ccccc21. The zero-order chi connectivity index (χ0) is 18.6. The number of carbonyl (C=O) groups excluding carboxylic acids is 1. The Balaban J connectivity index is 1.55. The van der Waals surface area contributed by atoms with E-state index >= 15 is 0 Å². The zero-order valence-corrected chi connectivity index (χ0v) is 15.7. The number of methoxy groups -OCH3 is 1. The predicted octanol–water partition coefficient (Wildman–Crippen LogP) is 3.12. The first-order chi connectivity index (χ1) is 13.3. The van der Waals surface area contributed by atoms with Crippen molar-refractivity contribution in [1.82, 2.24) is 10.2 Å². The van der Waals surface area contributed by atoms with Crippen LogP contribution in [-0.4, -0.2) is 44.2 Å². The molecule has 0 aromatic heterocycles. The molecule has 2 aromatic rings. The molecule has 5 nitrogen and oxygen atoms in total. The van der Waals surface area contributed by atoms with E-state index in [2.05, 4.69) is 17.4 Å². The van der Waals surface area contributed by atoms with E-state index < -0.39 is 0 Å². The summed E-state index contributed by atoms with van der Waals surface area (Å²) >= 11 is 0. The Morgan fingerprint density at radius 3 is 2.81 bits per heavy atom. The van der Waals surface area contributed by atoms with E-state index in [4.69, 9.17) is 9.47 Å². The molecule has 0 radical (unpaired) electrons. The van der Waals surface area contributed by atoms with Crippen molar-refractivity contribution in [3.05, 3.63) is 59.7 Å². The first-order valence-corrected chi connectivity index (χ1v) is 9.62. The lowest BCUT2D eigenvalue weighted by molar-refractivity contribution is -0.135. The lowest BCUT2D eigenvalue weighted by Gasteiger charge is -2.38. The summed E-state index contributed by atoms with van der Waals surface area (Å²) in [4.78, 5) is 15.3. The van der Waals surface area contributed by atoms with E-state index in [1.54, 1.807) is 7.11 Å². The summed E-state index contributed by atoms with van der Waals surface area (Å²) in [7, 11) is 1.68. The van der Waals surface area contributed by atoms with Gasteiger partial charge in [0, 0.05) is 31.6 Å². The molecule has 2 aliphatic rings. The molecule has 1 N–H and O–H groups in total. The maximum Gasteiger partial charge on any atom is 0.223 e. The highest BCUT2D eigenvalue weighted by Crippen LogP contribution is 2.37. The summed E-state index contributed by atoms with van der Waals surface area (Å²) in [5.41, 5.74) is 2.22. The second kappa shape index (κ2) is 8.01. The summed E-state index contributed by atoms with van der Waals surface area (Å²) in [6.07, 6.45) is 1.40. The molecule has 2 aromatic carbocycles. The Hall–Kier alpha value is -2.53. The van der Waals surface area contributed by atoms with Gasteiger partial charge in [0.15, 0.2) is 0 Å². The number of carbonyl (C=O) groups is 1. The highest BCUT2D eigenvalue weighted by atomic mass is 16.5. The molecule has 27 heavy (non-hydrogen) atoms. The summed E-state index contributed by atoms with van der Waals surface area (Å²) in [6, 6.07) is 16.1. The second-order valence-corrected chi connectivity index (χ2v) is 7.13.